The Bertz CT molecular complexity index is 1410. The van der Waals surface area contributed by atoms with Gasteiger partial charge in [0, 0.05) is 47.9 Å². The molecule has 202 valence electrons. The van der Waals surface area contributed by atoms with Crippen molar-refractivity contribution in [1.82, 2.24) is 15.3 Å². The van der Waals surface area contributed by atoms with E-state index >= 15 is 0 Å². The number of nitrogens with zero attached hydrogens (tertiary/aromatic N) is 2. The van der Waals surface area contributed by atoms with E-state index in [2.05, 4.69) is 28.1 Å². The molecule has 0 aliphatic carbocycles. The molecule has 3 N–H and O–H groups in total. The van der Waals surface area contributed by atoms with Crippen LogP contribution in [0.2, 0.25) is 0 Å². The molecule has 0 spiro atoms. The topological polar surface area (TPSA) is 97.4 Å². The molecule has 0 saturated carbocycles. The summed E-state index contributed by atoms with van der Waals surface area (Å²) >= 11 is 0. The summed E-state index contributed by atoms with van der Waals surface area (Å²) in [6.07, 6.45) is 1.83. The molecular formula is C31H35N5O3. The first-order valence-electron chi connectivity index (χ1n) is 13.4. The fourth-order valence-corrected chi connectivity index (χ4v) is 4.97. The Kier molecular flexibility index (Phi) is 7.93. The Labute approximate surface area is 229 Å². The molecule has 0 bridgehead atoms. The monoisotopic (exact) mass is 525 g/mol. The van der Waals surface area contributed by atoms with Gasteiger partial charge in [0.15, 0.2) is 0 Å². The normalized spacial score (nSPS) is 14.7. The Morgan fingerprint density at radius 2 is 1.69 bits per heavy atom. The summed E-state index contributed by atoms with van der Waals surface area (Å²) in [5.41, 5.74) is 3.43. The summed E-state index contributed by atoms with van der Waals surface area (Å²) in [5, 5.41) is 10.8. The molecule has 8 nitrogen and oxygen atoms in total. The van der Waals surface area contributed by atoms with Crippen molar-refractivity contribution < 1.29 is 14.3 Å². The molecule has 1 amide bonds. The Morgan fingerprint density at radius 1 is 0.974 bits per heavy atom. The van der Waals surface area contributed by atoms with Crippen LogP contribution in [0, 0.1) is 0 Å². The summed E-state index contributed by atoms with van der Waals surface area (Å²) in [7, 11) is 1.69. The van der Waals surface area contributed by atoms with Crippen LogP contribution in [0.15, 0.2) is 72.8 Å². The molecule has 0 atom stereocenters. The zero-order valence-corrected chi connectivity index (χ0v) is 22.7. The fraction of sp³-hybridized carbons (Fsp3) is 0.323. The first-order chi connectivity index (χ1) is 19.0. The zero-order chi connectivity index (χ0) is 27.2. The van der Waals surface area contributed by atoms with E-state index < -0.39 is 0 Å². The number of hydrogen-bond acceptors (Lipinski definition) is 7. The average Bonchev–Trinajstić information content (AvgIpc) is 2.96. The Hall–Kier alpha value is -4.17. The highest BCUT2D eigenvalue weighted by molar-refractivity contribution is 5.95. The molecular weight excluding hydrogens is 490 g/mol. The van der Waals surface area contributed by atoms with Gasteiger partial charge in [-0.15, -0.1) is 0 Å². The lowest BCUT2D eigenvalue weighted by molar-refractivity contribution is 0.0543. The quantitative estimate of drug-likeness (QED) is 0.259. The molecule has 8 heteroatoms. The molecule has 5 rings (SSSR count). The van der Waals surface area contributed by atoms with Crippen molar-refractivity contribution in [1.29, 1.82) is 0 Å². The minimum atomic E-state index is -0.0936. The lowest BCUT2D eigenvalue weighted by atomic mass is 9.74. The number of carbonyl (C=O) groups is 1. The predicted molar refractivity (Wildman–Crippen MR) is 155 cm³/mol. The van der Waals surface area contributed by atoms with E-state index in [4.69, 9.17) is 19.4 Å². The summed E-state index contributed by atoms with van der Waals surface area (Å²) in [6, 6.07) is 23.7. The van der Waals surface area contributed by atoms with Crippen LogP contribution < -0.4 is 20.7 Å². The highest BCUT2D eigenvalue weighted by atomic mass is 16.5. The molecule has 1 aliphatic heterocycles. The van der Waals surface area contributed by atoms with Gasteiger partial charge in [-0.2, -0.15) is 4.98 Å². The van der Waals surface area contributed by atoms with E-state index in [0.29, 0.717) is 18.1 Å². The molecule has 1 fully saturated rings. The number of benzene rings is 3. The molecule has 1 aromatic heterocycles. The van der Waals surface area contributed by atoms with Gasteiger partial charge in [0.2, 0.25) is 5.95 Å². The third-order valence-corrected chi connectivity index (χ3v) is 7.17. The summed E-state index contributed by atoms with van der Waals surface area (Å²) in [5.74, 6) is 2.01. The van der Waals surface area contributed by atoms with Crippen molar-refractivity contribution in [2.24, 2.45) is 0 Å². The van der Waals surface area contributed by atoms with Crippen molar-refractivity contribution in [2.45, 2.75) is 38.1 Å². The lowest BCUT2D eigenvalue weighted by Gasteiger charge is -2.38. The standard InChI is InChI=1S/C31H35N5O3/c1-21(2)33-29(37)22-8-12-24(13-9-22)34-30-35-27-7-5-4-6-26(27)28(36-30)32-20-31(16-18-39-19-17-31)23-10-14-25(38-3)15-11-23/h4-15,21H,16-20H2,1-3H3,(H,33,37)(H2,32,34,35,36). The number of para-hydroxylation sites is 1. The number of hydrogen-bond donors (Lipinski definition) is 3. The van der Waals surface area contributed by atoms with Gasteiger partial charge in [0.25, 0.3) is 5.91 Å². The van der Waals surface area contributed by atoms with E-state index in [1.165, 1.54) is 5.56 Å². The molecule has 2 heterocycles. The van der Waals surface area contributed by atoms with Gasteiger partial charge in [0.1, 0.15) is 11.6 Å². The Balaban J connectivity index is 1.39. The number of rotatable bonds is 9. The number of anilines is 3. The van der Waals surface area contributed by atoms with Crippen LogP contribution in [-0.4, -0.2) is 48.8 Å². The first kappa shape index (κ1) is 26.4. The van der Waals surface area contributed by atoms with Gasteiger partial charge in [-0.05, 0) is 80.8 Å². The van der Waals surface area contributed by atoms with E-state index in [1.807, 2.05) is 62.4 Å². The lowest BCUT2D eigenvalue weighted by Crippen LogP contribution is -2.40. The van der Waals surface area contributed by atoms with Crippen LogP contribution >= 0.6 is 0 Å². The maximum absolute atomic E-state index is 12.3. The van der Waals surface area contributed by atoms with Crippen molar-refractivity contribution >= 4 is 34.3 Å². The molecule has 0 unspecified atom stereocenters. The van der Waals surface area contributed by atoms with Gasteiger partial charge in [-0.3, -0.25) is 4.79 Å². The van der Waals surface area contributed by atoms with Gasteiger partial charge in [0.05, 0.1) is 12.6 Å². The maximum atomic E-state index is 12.3. The first-order valence-corrected chi connectivity index (χ1v) is 13.4. The minimum Gasteiger partial charge on any atom is -0.497 e. The molecule has 3 aromatic carbocycles. The van der Waals surface area contributed by atoms with E-state index in [1.54, 1.807) is 19.2 Å². The number of amides is 1. The van der Waals surface area contributed by atoms with Gasteiger partial charge >= 0.3 is 0 Å². The van der Waals surface area contributed by atoms with Crippen LogP contribution in [0.3, 0.4) is 0 Å². The highest BCUT2D eigenvalue weighted by Crippen LogP contribution is 2.36. The van der Waals surface area contributed by atoms with Crippen LogP contribution in [-0.2, 0) is 10.2 Å². The third kappa shape index (κ3) is 6.12. The van der Waals surface area contributed by atoms with Gasteiger partial charge in [-0.1, -0.05) is 24.3 Å². The molecule has 1 aliphatic rings. The smallest absolute Gasteiger partial charge is 0.251 e. The third-order valence-electron chi connectivity index (χ3n) is 7.17. The second-order valence-corrected chi connectivity index (χ2v) is 10.2. The van der Waals surface area contributed by atoms with Crippen LogP contribution in [0.4, 0.5) is 17.5 Å². The van der Waals surface area contributed by atoms with Crippen molar-refractivity contribution in [3.05, 3.63) is 83.9 Å². The van der Waals surface area contributed by atoms with Crippen molar-refractivity contribution in [3.8, 4) is 5.75 Å². The number of aromatic nitrogens is 2. The minimum absolute atomic E-state index is 0.0808. The summed E-state index contributed by atoms with van der Waals surface area (Å²) in [6.45, 7) is 6.03. The van der Waals surface area contributed by atoms with Crippen molar-refractivity contribution in [2.75, 3.05) is 37.5 Å². The zero-order valence-electron chi connectivity index (χ0n) is 22.7. The average molecular weight is 526 g/mol. The van der Waals surface area contributed by atoms with Gasteiger partial charge in [-0.25, -0.2) is 4.98 Å². The largest absolute Gasteiger partial charge is 0.497 e. The molecule has 39 heavy (non-hydrogen) atoms. The molecule has 0 radical (unpaired) electrons. The fourth-order valence-electron chi connectivity index (χ4n) is 4.97. The number of methoxy groups -OCH3 is 1. The summed E-state index contributed by atoms with van der Waals surface area (Å²) in [4.78, 5) is 21.9. The Morgan fingerprint density at radius 3 is 2.38 bits per heavy atom. The maximum Gasteiger partial charge on any atom is 0.251 e. The molecule has 1 saturated heterocycles. The van der Waals surface area contributed by atoms with E-state index in [-0.39, 0.29) is 17.4 Å². The van der Waals surface area contributed by atoms with E-state index in [9.17, 15) is 4.79 Å². The predicted octanol–water partition coefficient (Wildman–Crippen LogP) is 5.68. The molecule has 4 aromatic rings. The second kappa shape index (κ2) is 11.7. The highest BCUT2D eigenvalue weighted by Gasteiger charge is 2.34. The van der Waals surface area contributed by atoms with Crippen LogP contribution in [0.25, 0.3) is 10.9 Å². The van der Waals surface area contributed by atoms with Gasteiger partial charge < -0.3 is 25.4 Å². The number of ether oxygens (including phenoxy) is 2. The summed E-state index contributed by atoms with van der Waals surface area (Å²) < 4.78 is 11.1. The van der Waals surface area contributed by atoms with Crippen molar-refractivity contribution in [3.63, 3.8) is 0 Å². The number of nitrogens with one attached hydrogen (secondary N) is 3. The van der Waals surface area contributed by atoms with E-state index in [0.717, 1.165) is 54.2 Å². The SMILES string of the molecule is COc1ccc(C2(CNc3nc(Nc4ccc(C(=O)NC(C)C)cc4)nc4ccccc34)CCOCC2)cc1. The second-order valence-electron chi connectivity index (χ2n) is 10.2. The number of carbonyl (C=O) groups excluding carboxylic acids is 1. The number of fused-ring (bicyclic) bond motifs is 1. The van der Waals surface area contributed by atoms with Crippen LogP contribution in [0.5, 0.6) is 5.75 Å². The van der Waals surface area contributed by atoms with Crippen LogP contribution in [0.1, 0.15) is 42.6 Å².